The predicted molar refractivity (Wildman–Crippen MR) is 56.1 cm³/mol. The van der Waals surface area contributed by atoms with E-state index in [9.17, 15) is 13.2 Å². The lowest BCUT2D eigenvalue weighted by Gasteiger charge is -2.23. The average molecular weight is 232 g/mol. The van der Waals surface area contributed by atoms with Crippen molar-refractivity contribution in [3.63, 3.8) is 0 Å². The van der Waals surface area contributed by atoms with E-state index in [2.05, 4.69) is 10.3 Å². The Morgan fingerprint density at radius 3 is 2.25 bits per heavy atom. The number of pyridine rings is 1. The number of likely N-dealkylation sites (N-methyl/N-ethyl adjacent to an activating group) is 1. The third-order valence-electron chi connectivity index (χ3n) is 2.45. The molecule has 5 heteroatoms. The van der Waals surface area contributed by atoms with Gasteiger partial charge in [-0.2, -0.15) is 13.2 Å². The number of aromatic nitrogens is 1. The Kier molecular flexibility index (Phi) is 3.57. The molecule has 0 atom stereocenters. The summed E-state index contributed by atoms with van der Waals surface area (Å²) < 4.78 is 36.8. The minimum Gasteiger partial charge on any atom is -0.314 e. The normalized spacial score (nSPS) is 12.9. The predicted octanol–water partition coefficient (Wildman–Crippen LogP) is 2.64. The van der Waals surface area contributed by atoms with Crippen LogP contribution < -0.4 is 5.32 Å². The van der Waals surface area contributed by atoms with Crippen molar-refractivity contribution >= 4 is 0 Å². The highest BCUT2D eigenvalue weighted by Crippen LogP contribution is 2.28. The lowest BCUT2D eigenvalue weighted by molar-refractivity contribution is -0.137. The van der Waals surface area contributed by atoms with Gasteiger partial charge in [0.25, 0.3) is 0 Å². The van der Waals surface area contributed by atoms with Crippen LogP contribution in [0.4, 0.5) is 13.2 Å². The molecule has 1 aromatic heterocycles. The molecule has 1 aromatic rings. The van der Waals surface area contributed by atoms with Gasteiger partial charge in [-0.25, -0.2) is 0 Å². The lowest BCUT2D eigenvalue weighted by atomic mass is 9.98. The first-order valence-electron chi connectivity index (χ1n) is 4.96. The largest absolute Gasteiger partial charge is 0.417 e. The highest BCUT2D eigenvalue weighted by molar-refractivity contribution is 5.18. The molecule has 1 rings (SSSR count). The second kappa shape index (κ2) is 4.41. The molecular weight excluding hydrogens is 217 g/mol. The van der Waals surface area contributed by atoms with Crippen LogP contribution in [0, 0.1) is 0 Å². The molecule has 0 aliphatic rings. The highest BCUT2D eigenvalue weighted by Gasteiger charge is 2.30. The summed E-state index contributed by atoms with van der Waals surface area (Å²) >= 11 is 0. The number of halogens is 3. The van der Waals surface area contributed by atoms with Gasteiger partial charge in [0.05, 0.1) is 5.56 Å². The molecule has 0 saturated carbocycles. The fraction of sp³-hybridized carbons (Fsp3) is 0.545. The van der Waals surface area contributed by atoms with Crippen LogP contribution >= 0.6 is 0 Å². The Balaban J connectivity index is 2.80. The van der Waals surface area contributed by atoms with Gasteiger partial charge in [-0.3, -0.25) is 4.98 Å². The topological polar surface area (TPSA) is 24.9 Å². The first-order valence-corrected chi connectivity index (χ1v) is 4.96. The van der Waals surface area contributed by atoms with Crippen molar-refractivity contribution < 1.29 is 13.2 Å². The molecule has 0 aliphatic carbocycles. The Labute approximate surface area is 92.9 Å². The van der Waals surface area contributed by atoms with Crippen molar-refractivity contribution in [2.75, 3.05) is 7.05 Å². The summed E-state index contributed by atoms with van der Waals surface area (Å²) in [4.78, 5) is 3.82. The van der Waals surface area contributed by atoms with E-state index in [1.807, 2.05) is 20.9 Å². The summed E-state index contributed by atoms with van der Waals surface area (Å²) in [5.74, 6) is 0. The molecule has 0 saturated heterocycles. The molecule has 0 bridgehead atoms. The van der Waals surface area contributed by atoms with E-state index >= 15 is 0 Å². The Bertz CT molecular complexity index is 341. The minimum atomic E-state index is -4.32. The molecular formula is C11H15F3N2. The van der Waals surface area contributed by atoms with E-state index in [-0.39, 0.29) is 5.54 Å². The van der Waals surface area contributed by atoms with E-state index in [0.29, 0.717) is 12.1 Å². The highest BCUT2D eigenvalue weighted by atomic mass is 19.4. The first kappa shape index (κ1) is 13.0. The van der Waals surface area contributed by atoms with Crippen LogP contribution in [-0.4, -0.2) is 17.6 Å². The smallest absolute Gasteiger partial charge is 0.314 e. The van der Waals surface area contributed by atoms with Crippen LogP contribution in [0.15, 0.2) is 18.3 Å². The van der Waals surface area contributed by atoms with Crippen LogP contribution in [0.3, 0.4) is 0 Å². The monoisotopic (exact) mass is 232 g/mol. The second-order valence-electron chi connectivity index (χ2n) is 4.35. The lowest BCUT2D eigenvalue weighted by Crippen LogP contribution is -2.38. The minimum absolute atomic E-state index is 0.174. The van der Waals surface area contributed by atoms with Crippen molar-refractivity contribution in [1.82, 2.24) is 10.3 Å². The van der Waals surface area contributed by atoms with E-state index < -0.39 is 11.7 Å². The maximum absolute atomic E-state index is 12.3. The van der Waals surface area contributed by atoms with Gasteiger partial charge in [0.1, 0.15) is 0 Å². The zero-order valence-corrected chi connectivity index (χ0v) is 9.52. The molecule has 90 valence electrons. The molecule has 16 heavy (non-hydrogen) atoms. The standard InChI is InChI=1S/C11H15F3N2/c1-10(2,15-3)6-9-5-4-8(7-16-9)11(12,13)14/h4-5,7,15H,6H2,1-3H3. The molecule has 1 heterocycles. The van der Waals surface area contributed by atoms with Crippen molar-refractivity contribution in [3.05, 3.63) is 29.6 Å². The summed E-state index contributed by atoms with van der Waals surface area (Å²) in [7, 11) is 1.81. The van der Waals surface area contributed by atoms with Gasteiger partial charge in [0.15, 0.2) is 0 Å². The third kappa shape index (κ3) is 3.48. The van der Waals surface area contributed by atoms with Crippen molar-refractivity contribution in [2.24, 2.45) is 0 Å². The maximum atomic E-state index is 12.3. The van der Waals surface area contributed by atoms with Gasteiger partial charge >= 0.3 is 6.18 Å². The summed E-state index contributed by atoms with van der Waals surface area (Å²) in [5.41, 5.74) is -0.238. The summed E-state index contributed by atoms with van der Waals surface area (Å²) in [6.07, 6.45) is -2.85. The van der Waals surface area contributed by atoms with Crippen molar-refractivity contribution in [3.8, 4) is 0 Å². The van der Waals surface area contributed by atoms with Crippen LogP contribution in [0.5, 0.6) is 0 Å². The van der Waals surface area contributed by atoms with Crippen LogP contribution in [0.2, 0.25) is 0 Å². The third-order valence-corrected chi connectivity index (χ3v) is 2.45. The van der Waals surface area contributed by atoms with Gasteiger partial charge in [-0.15, -0.1) is 0 Å². The fourth-order valence-electron chi connectivity index (χ4n) is 1.24. The molecule has 0 aliphatic heterocycles. The Hall–Kier alpha value is -1.10. The molecule has 0 unspecified atom stereocenters. The number of hydrogen-bond acceptors (Lipinski definition) is 2. The van der Waals surface area contributed by atoms with E-state index in [4.69, 9.17) is 0 Å². The number of nitrogens with one attached hydrogen (secondary N) is 1. The number of nitrogens with zero attached hydrogens (tertiary/aromatic N) is 1. The summed E-state index contributed by atoms with van der Waals surface area (Å²) in [6, 6.07) is 2.48. The van der Waals surface area contributed by atoms with E-state index in [1.54, 1.807) is 0 Å². The summed E-state index contributed by atoms with van der Waals surface area (Å²) in [6.45, 7) is 3.93. The first-order chi connectivity index (χ1) is 7.24. The van der Waals surface area contributed by atoms with E-state index in [1.165, 1.54) is 6.07 Å². The van der Waals surface area contributed by atoms with Gasteiger partial charge < -0.3 is 5.32 Å². The second-order valence-corrected chi connectivity index (χ2v) is 4.35. The quantitative estimate of drug-likeness (QED) is 0.866. The van der Waals surface area contributed by atoms with Crippen LogP contribution in [0.1, 0.15) is 25.1 Å². The fourth-order valence-corrected chi connectivity index (χ4v) is 1.24. The molecule has 0 aromatic carbocycles. The maximum Gasteiger partial charge on any atom is 0.417 e. The van der Waals surface area contributed by atoms with Gasteiger partial charge in [-0.05, 0) is 33.0 Å². The molecule has 2 nitrogen and oxygen atoms in total. The molecule has 0 fully saturated rings. The Morgan fingerprint density at radius 2 is 1.88 bits per heavy atom. The van der Waals surface area contributed by atoms with Crippen LogP contribution in [-0.2, 0) is 12.6 Å². The van der Waals surface area contributed by atoms with Gasteiger partial charge in [-0.1, -0.05) is 0 Å². The van der Waals surface area contributed by atoms with Gasteiger partial charge in [0, 0.05) is 23.9 Å². The number of hydrogen-bond donors (Lipinski definition) is 1. The van der Waals surface area contributed by atoms with Crippen molar-refractivity contribution in [2.45, 2.75) is 32.0 Å². The average Bonchev–Trinajstić information content (AvgIpc) is 2.16. The molecule has 1 N–H and O–H groups in total. The van der Waals surface area contributed by atoms with Crippen molar-refractivity contribution in [1.29, 1.82) is 0 Å². The van der Waals surface area contributed by atoms with Crippen LogP contribution in [0.25, 0.3) is 0 Å². The number of alkyl halides is 3. The zero-order chi connectivity index (χ0) is 12.4. The molecule has 0 radical (unpaired) electrons. The molecule has 0 amide bonds. The van der Waals surface area contributed by atoms with Gasteiger partial charge in [0.2, 0.25) is 0 Å². The molecule has 0 spiro atoms. The number of rotatable bonds is 3. The van der Waals surface area contributed by atoms with E-state index in [0.717, 1.165) is 12.3 Å². The summed E-state index contributed by atoms with van der Waals surface area (Å²) in [5, 5.41) is 3.07. The zero-order valence-electron chi connectivity index (χ0n) is 9.52. The Morgan fingerprint density at radius 1 is 1.25 bits per heavy atom. The SMILES string of the molecule is CNC(C)(C)Cc1ccc(C(F)(F)F)cn1.